The minimum absolute atomic E-state index is 0.0629. The number of halogens is 6. The average molecular weight is 369 g/mol. The quantitative estimate of drug-likeness (QED) is 0.542. The number of benzene rings is 1. The SMILES string of the molecule is ClC(Cl)=C(Cl)c1c(Cl)cc(CBr)cc1Cl. The molecule has 0 radical (unpaired) electrons. The molecule has 0 bridgehead atoms. The minimum atomic E-state index is -0.0629. The molecular formula is C9H4BrCl5. The third kappa shape index (κ3) is 3.42. The molecule has 1 aromatic carbocycles. The van der Waals surface area contributed by atoms with Gasteiger partial charge in [-0.25, -0.2) is 0 Å². The Morgan fingerprint density at radius 1 is 1.07 bits per heavy atom. The zero-order valence-corrected chi connectivity index (χ0v) is 12.5. The van der Waals surface area contributed by atoms with Gasteiger partial charge in [0.1, 0.15) is 4.49 Å². The van der Waals surface area contributed by atoms with Gasteiger partial charge in [0.25, 0.3) is 0 Å². The second-order valence-electron chi connectivity index (χ2n) is 2.64. The van der Waals surface area contributed by atoms with Gasteiger partial charge in [0, 0.05) is 10.9 Å². The third-order valence-corrected chi connectivity index (χ3v) is 3.83. The Balaban J connectivity index is 3.39. The highest BCUT2D eigenvalue weighted by Gasteiger charge is 2.13. The summed E-state index contributed by atoms with van der Waals surface area (Å²) in [5.74, 6) is 0. The average Bonchev–Trinajstić information content (AvgIpc) is 2.16. The summed E-state index contributed by atoms with van der Waals surface area (Å²) < 4.78 is -0.0629. The predicted octanol–water partition coefficient (Wildman–Crippen LogP) is 6.23. The molecule has 0 atom stereocenters. The molecule has 1 aromatic rings. The number of hydrogen-bond acceptors (Lipinski definition) is 0. The van der Waals surface area contributed by atoms with E-state index in [1.807, 2.05) is 0 Å². The molecule has 1 rings (SSSR count). The first kappa shape index (κ1) is 14.0. The highest BCUT2D eigenvalue weighted by Crippen LogP contribution is 2.38. The van der Waals surface area contributed by atoms with Gasteiger partial charge < -0.3 is 0 Å². The molecule has 0 unspecified atom stereocenters. The van der Waals surface area contributed by atoms with Crippen molar-refractivity contribution in [1.29, 1.82) is 0 Å². The van der Waals surface area contributed by atoms with E-state index in [0.29, 0.717) is 20.9 Å². The molecule has 0 aromatic heterocycles. The van der Waals surface area contributed by atoms with Crippen LogP contribution in [0.3, 0.4) is 0 Å². The summed E-state index contributed by atoms with van der Waals surface area (Å²) in [5, 5.41) is 1.64. The van der Waals surface area contributed by atoms with Crippen LogP contribution in [0.5, 0.6) is 0 Å². The van der Waals surface area contributed by atoms with Gasteiger partial charge in [-0.3, -0.25) is 0 Å². The van der Waals surface area contributed by atoms with E-state index in [1.165, 1.54) is 0 Å². The van der Waals surface area contributed by atoms with E-state index in [4.69, 9.17) is 58.0 Å². The maximum atomic E-state index is 6.01. The van der Waals surface area contributed by atoms with Crippen LogP contribution >= 0.6 is 73.9 Å². The van der Waals surface area contributed by atoms with E-state index >= 15 is 0 Å². The summed E-state index contributed by atoms with van der Waals surface area (Å²) in [6.45, 7) is 0. The topological polar surface area (TPSA) is 0 Å². The molecule has 0 aliphatic carbocycles. The molecule has 6 heteroatoms. The summed E-state index contributed by atoms with van der Waals surface area (Å²) >= 11 is 32.3. The zero-order valence-electron chi connectivity index (χ0n) is 7.13. The van der Waals surface area contributed by atoms with Crippen molar-refractivity contribution in [1.82, 2.24) is 0 Å². The summed E-state index contributed by atoms with van der Waals surface area (Å²) in [6, 6.07) is 3.49. The molecule has 82 valence electrons. The lowest BCUT2D eigenvalue weighted by Crippen LogP contribution is -1.87. The van der Waals surface area contributed by atoms with Gasteiger partial charge in [-0.1, -0.05) is 73.9 Å². The van der Waals surface area contributed by atoms with Gasteiger partial charge in [-0.05, 0) is 17.7 Å². The lowest BCUT2D eigenvalue weighted by atomic mass is 10.1. The molecule has 0 N–H and O–H groups in total. The van der Waals surface area contributed by atoms with Crippen molar-refractivity contribution in [2.24, 2.45) is 0 Å². The Bertz CT molecular complexity index is 386. The lowest BCUT2D eigenvalue weighted by Gasteiger charge is -2.08. The molecule has 0 heterocycles. The smallest absolute Gasteiger partial charge is 0.0876 e. The van der Waals surface area contributed by atoms with E-state index in [-0.39, 0.29) is 9.52 Å². The second-order valence-corrected chi connectivity index (χ2v) is 5.34. The van der Waals surface area contributed by atoms with Crippen LogP contribution in [0.2, 0.25) is 10.0 Å². The summed E-state index contributed by atoms with van der Waals surface area (Å²) in [6.07, 6.45) is 0. The molecule has 0 aliphatic rings. The zero-order chi connectivity index (χ0) is 11.6. The fraction of sp³-hybridized carbons (Fsp3) is 0.111. The third-order valence-electron chi connectivity index (χ3n) is 1.64. The Labute approximate surface area is 121 Å². The molecule has 0 saturated carbocycles. The Morgan fingerprint density at radius 3 is 1.87 bits per heavy atom. The van der Waals surface area contributed by atoms with Crippen LogP contribution in [0.25, 0.3) is 5.03 Å². The van der Waals surface area contributed by atoms with Crippen molar-refractivity contribution in [2.75, 3.05) is 0 Å². The van der Waals surface area contributed by atoms with Crippen LogP contribution in [0.15, 0.2) is 16.6 Å². The van der Waals surface area contributed by atoms with Crippen molar-refractivity contribution >= 4 is 79.0 Å². The van der Waals surface area contributed by atoms with Crippen molar-refractivity contribution < 1.29 is 0 Å². The first-order chi connectivity index (χ1) is 6.97. The van der Waals surface area contributed by atoms with Crippen molar-refractivity contribution in [3.8, 4) is 0 Å². The number of alkyl halides is 1. The van der Waals surface area contributed by atoms with Crippen molar-refractivity contribution in [2.45, 2.75) is 5.33 Å². The van der Waals surface area contributed by atoms with Crippen LogP contribution < -0.4 is 0 Å². The maximum absolute atomic E-state index is 6.01. The Kier molecular flexibility index (Phi) is 5.58. The van der Waals surface area contributed by atoms with Crippen LogP contribution in [-0.2, 0) is 5.33 Å². The minimum Gasteiger partial charge on any atom is -0.0876 e. The molecule has 0 saturated heterocycles. The monoisotopic (exact) mass is 366 g/mol. The maximum Gasteiger partial charge on any atom is 0.126 e. The molecular weight excluding hydrogens is 365 g/mol. The highest BCUT2D eigenvalue weighted by molar-refractivity contribution is 9.08. The molecule has 15 heavy (non-hydrogen) atoms. The molecule has 0 fully saturated rings. The second kappa shape index (κ2) is 6.00. The van der Waals surface area contributed by atoms with E-state index < -0.39 is 0 Å². The predicted molar refractivity (Wildman–Crippen MR) is 73.6 cm³/mol. The molecule has 0 spiro atoms. The number of rotatable bonds is 2. The fourth-order valence-electron chi connectivity index (χ4n) is 1.01. The summed E-state index contributed by atoms with van der Waals surface area (Å²) in [4.78, 5) is 0. The molecule has 0 nitrogen and oxygen atoms in total. The van der Waals surface area contributed by atoms with E-state index in [1.54, 1.807) is 12.1 Å². The van der Waals surface area contributed by atoms with Gasteiger partial charge in [0.05, 0.1) is 15.1 Å². The van der Waals surface area contributed by atoms with Crippen molar-refractivity contribution in [3.63, 3.8) is 0 Å². The van der Waals surface area contributed by atoms with E-state index in [2.05, 4.69) is 15.9 Å². The fourth-order valence-corrected chi connectivity index (χ4v) is 2.54. The standard InChI is InChI=1S/C9H4BrCl5/c10-3-4-1-5(11)7(6(12)2-4)8(13)9(14)15/h1-2H,3H2. The largest absolute Gasteiger partial charge is 0.126 e. The van der Waals surface area contributed by atoms with Crippen LogP contribution in [0, 0.1) is 0 Å². The molecule has 0 aliphatic heterocycles. The van der Waals surface area contributed by atoms with E-state index in [0.717, 1.165) is 5.56 Å². The highest BCUT2D eigenvalue weighted by atomic mass is 79.9. The van der Waals surface area contributed by atoms with Crippen LogP contribution in [0.4, 0.5) is 0 Å². The first-order valence-electron chi connectivity index (χ1n) is 3.72. The van der Waals surface area contributed by atoms with E-state index in [9.17, 15) is 0 Å². The van der Waals surface area contributed by atoms with Crippen molar-refractivity contribution in [3.05, 3.63) is 37.8 Å². The first-order valence-corrected chi connectivity index (χ1v) is 6.73. The lowest BCUT2D eigenvalue weighted by molar-refractivity contribution is 1.43. The summed E-state index contributed by atoms with van der Waals surface area (Å²) in [7, 11) is 0. The Hall–Kier alpha value is 0.890. The van der Waals surface area contributed by atoms with Gasteiger partial charge in [0.15, 0.2) is 0 Å². The molecule has 0 amide bonds. The summed E-state index contributed by atoms with van der Waals surface area (Å²) in [5.41, 5.74) is 1.40. The van der Waals surface area contributed by atoms with Gasteiger partial charge in [-0.2, -0.15) is 0 Å². The van der Waals surface area contributed by atoms with Crippen LogP contribution in [-0.4, -0.2) is 0 Å². The van der Waals surface area contributed by atoms with Gasteiger partial charge >= 0.3 is 0 Å². The van der Waals surface area contributed by atoms with Crippen LogP contribution in [0.1, 0.15) is 11.1 Å². The van der Waals surface area contributed by atoms with Gasteiger partial charge in [-0.15, -0.1) is 0 Å². The normalized spacial score (nSPS) is 10.3. The Morgan fingerprint density at radius 2 is 1.53 bits per heavy atom. The number of hydrogen-bond donors (Lipinski definition) is 0. The van der Waals surface area contributed by atoms with Gasteiger partial charge in [0.2, 0.25) is 0 Å².